The number of carbonyl (C=O) groups is 1. The van der Waals surface area contributed by atoms with Gasteiger partial charge < -0.3 is 14.5 Å². The van der Waals surface area contributed by atoms with E-state index in [0.717, 1.165) is 12.2 Å². The highest BCUT2D eigenvalue weighted by Gasteiger charge is 2.12. The number of methoxy groups -OCH3 is 1. The van der Waals surface area contributed by atoms with Crippen molar-refractivity contribution < 1.29 is 13.9 Å². The van der Waals surface area contributed by atoms with Crippen molar-refractivity contribution in [1.29, 1.82) is 0 Å². The number of ether oxygens (including phenoxy) is 1. The van der Waals surface area contributed by atoms with Crippen LogP contribution in [0.5, 0.6) is 0 Å². The SMILES string of the molecule is CCc1ccc(C(=O)N[C@@H](C)COC)o1. The van der Waals surface area contributed by atoms with Gasteiger partial charge in [-0.1, -0.05) is 6.92 Å². The average molecular weight is 211 g/mol. The zero-order valence-corrected chi connectivity index (χ0v) is 9.37. The number of furan rings is 1. The van der Waals surface area contributed by atoms with E-state index in [4.69, 9.17) is 9.15 Å². The molecule has 0 saturated heterocycles. The highest BCUT2D eigenvalue weighted by atomic mass is 16.5. The molecule has 0 aliphatic carbocycles. The van der Waals surface area contributed by atoms with Gasteiger partial charge in [0.2, 0.25) is 0 Å². The van der Waals surface area contributed by atoms with Crippen LogP contribution in [0.25, 0.3) is 0 Å². The van der Waals surface area contributed by atoms with E-state index in [1.807, 2.05) is 19.9 Å². The number of rotatable bonds is 5. The largest absolute Gasteiger partial charge is 0.456 e. The molecule has 0 aliphatic rings. The van der Waals surface area contributed by atoms with Crippen molar-refractivity contribution in [3.05, 3.63) is 23.7 Å². The maximum Gasteiger partial charge on any atom is 0.287 e. The molecule has 1 aromatic rings. The van der Waals surface area contributed by atoms with Crippen molar-refractivity contribution in [2.75, 3.05) is 13.7 Å². The number of carbonyl (C=O) groups excluding carboxylic acids is 1. The molecular formula is C11H17NO3. The summed E-state index contributed by atoms with van der Waals surface area (Å²) in [5.74, 6) is 0.980. The van der Waals surface area contributed by atoms with Gasteiger partial charge in [-0.3, -0.25) is 4.79 Å². The summed E-state index contributed by atoms with van der Waals surface area (Å²) in [5.41, 5.74) is 0. The van der Waals surface area contributed by atoms with Crippen molar-refractivity contribution in [3.63, 3.8) is 0 Å². The van der Waals surface area contributed by atoms with Crippen LogP contribution in [0, 0.1) is 0 Å². The first kappa shape index (κ1) is 11.8. The van der Waals surface area contributed by atoms with E-state index >= 15 is 0 Å². The molecule has 0 radical (unpaired) electrons. The summed E-state index contributed by atoms with van der Waals surface area (Å²) in [6.07, 6.45) is 0.793. The summed E-state index contributed by atoms with van der Waals surface area (Å²) < 4.78 is 10.2. The van der Waals surface area contributed by atoms with Gasteiger partial charge in [0.25, 0.3) is 5.91 Å². The number of amides is 1. The second-order valence-electron chi connectivity index (χ2n) is 3.45. The molecule has 0 saturated carbocycles. The Kier molecular flexibility index (Phi) is 4.37. The summed E-state index contributed by atoms with van der Waals surface area (Å²) in [4.78, 5) is 11.6. The Hall–Kier alpha value is -1.29. The first-order chi connectivity index (χ1) is 7.17. The van der Waals surface area contributed by atoms with Crippen LogP contribution in [0.1, 0.15) is 30.2 Å². The molecule has 1 N–H and O–H groups in total. The predicted octanol–water partition coefficient (Wildman–Crippen LogP) is 1.61. The highest BCUT2D eigenvalue weighted by molar-refractivity contribution is 5.91. The van der Waals surface area contributed by atoms with Gasteiger partial charge in [-0.25, -0.2) is 0 Å². The Morgan fingerprint density at radius 2 is 2.33 bits per heavy atom. The van der Waals surface area contributed by atoms with Gasteiger partial charge in [-0.15, -0.1) is 0 Å². The first-order valence-corrected chi connectivity index (χ1v) is 5.05. The molecule has 1 heterocycles. The van der Waals surface area contributed by atoms with Crippen LogP contribution >= 0.6 is 0 Å². The minimum Gasteiger partial charge on any atom is -0.456 e. The van der Waals surface area contributed by atoms with E-state index in [2.05, 4.69) is 5.32 Å². The predicted molar refractivity (Wildman–Crippen MR) is 56.9 cm³/mol. The van der Waals surface area contributed by atoms with Crippen LogP contribution in [0.15, 0.2) is 16.5 Å². The van der Waals surface area contributed by atoms with Crippen molar-refractivity contribution in [3.8, 4) is 0 Å². The topological polar surface area (TPSA) is 51.5 Å². The van der Waals surface area contributed by atoms with Crippen LogP contribution in [0.3, 0.4) is 0 Å². The second-order valence-corrected chi connectivity index (χ2v) is 3.45. The van der Waals surface area contributed by atoms with Crippen molar-refractivity contribution in [2.24, 2.45) is 0 Å². The quantitative estimate of drug-likeness (QED) is 0.805. The fraction of sp³-hybridized carbons (Fsp3) is 0.545. The van der Waals surface area contributed by atoms with Gasteiger partial charge in [0.1, 0.15) is 5.76 Å². The lowest BCUT2D eigenvalue weighted by molar-refractivity contribution is 0.0876. The number of nitrogens with one attached hydrogen (secondary N) is 1. The van der Waals surface area contributed by atoms with Gasteiger partial charge >= 0.3 is 0 Å². The monoisotopic (exact) mass is 211 g/mol. The molecular weight excluding hydrogens is 194 g/mol. The van der Waals surface area contributed by atoms with Gasteiger partial charge in [0, 0.05) is 19.6 Å². The summed E-state index contributed by atoms with van der Waals surface area (Å²) in [6.45, 7) is 4.35. The molecule has 1 atom stereocenters. The molecule has 84 valence electrons. The second kappa shape index (κ2) is 5.56. The van der Waals surface area contributed by atoms with Gasteiger partial charge in [0.05, 0.1) is 6.61 Å². The van der Waals surface area contributed by atoms with E-state index in [1.54, 1.807) is 13.2 Å². The number of hydrogen-bond donors (Lipinski definition) is 1. The van der Waals surface area contributed by atoms with E-state index in [-0.39, 0.29) is 11.9 Å². The summed E-state index contributed by atoms with van der Waals surface area (Å²) in [6, 6.07) is 3.49. The molecule has 0 aromatic carbocycles. The molecule has 0 spiro atoms. The third kappa shape index (κ3) is 3.40. The lowest BCUT2D eigenvalue weighted by Crippen LogP contribution is -2.35. The average Bonchev–Trinajstić information content (AvgIpc) is 2.66. The van der Waals surface area contributed by atoms with Crippen LogP contribution in [0.2, 0.25) is 0 Å². The highest BCUT2D eigenvalue weighted by Crippen LogP contribution is 2.08. The van der Waals surface area contributed by atoms with E-state index in [9.17, 15) is 4.79 Å². The Balaban J connectivity index is 2.53. The van der Waals surface area contributed by atoms with Crippen LogP contribution < -0.4 is 5.32 Å². The van der Waals surface area contributed by atoms with Crippen LogP contribution in [0.4, 0.5) is 0 Å². The van der Waals surface area contributed by atoms with Crippen LogP contribution in [-0.4, -0.2) is 25.7 Å². The van der Waals surface area contributed by atoms with Crippen molar-refractivity contribution in [1.82, 2.24) is 5.32 Å². The lowest BCUT2D eigenvalue weighted by Gasteiger charge is -2.10. The smallest absolute Gasteiger partial charge is 0.287 e. The summed E-state index contributed by atoms with van der Waals surface area (Å²) in [5, 5.41) is 2.78. The Morgan fingerprint density at radius 1 is 1.60 bits per heavy atom. The molecule has 1 rings (SSSR count). The molecule has 15 heavy (non-hydrogen) atoms. The van der Waals surface area contributed by atoms with E-state index in [1.165, 1.54) is 0 Å². The molecule has 1 aromatic heterocycles. The minimum atomic E-state index is -0.195. The van der Waals surface area contributed by atoms with Crippen molar-refractivity contribution >= 4 is 5.91 Å². The molecule has 4 nitrogen and oxygen atoms in total. The molecule has 0 fully saturated rings. The maximum atomic E-state index is 11.6. The standard InChI is InChI=1S/C11H17NO3/c1-4-9-5-6-10(15-9)11(13)12-8(2)7-14-3/h5-6,8H,4,7H2,1-3H3,(H,12,13)/t8-/m0/s1. The molecule has 1 amide bonds. The Labute approximate surface area is 89.6 Å². The zero-order chi connectivity index (χ0) is 11.3. The molecule has 4 heteroatoms. The minimum absolute atomic E-state index is 0.0160. The molecule has 0 unspecified atom stereocenters. The number of aryl methyl sites for hydroxylation is 1. The Morgan fingerprint density at radius 3 is 2.87 bits per heavy atom. The summed E-state index contributed by atoms with van der Waals surface area (Å²) in [7, 11) is 1.60. The maximum absolute atomic E-state index is 11.6. The normalized spacial score (nSPS) is 12.5. The fourth-order valence-electron chi connectivity index (χ4n) is 1.28. The fourth-order valence-corrected chi connectivity index (χ4v) is 1.28. The van der Waals surface area contributed by atoms with Gasteiger partial charge in [-0.2, -0.15) is 0 Å². The zero-order valence-electron chi connectivity index (χ0n) is 9.37. The first-order valence-electron chi connectivity index (χ1n) is 5.05. The third-order valence-corrected chi connectivity index (χ3v) is 2.03. The van der Waals surface area contributed by atoms with E-state index < -0.39 is 0 Å². The third-order valence-electron chi connectivity index (χ3n) is 2.03. The van der Waals surface area contributed by atoms with Gasteiger partial charge in [-0.05, 0) is 19.1 Å². The molecule has 0 bridgehead atoms. The lowest BCUT2D eigenvalue weighted by atomic mass is 10.3. The van der Waals surface area contributed by atoms with E-state index in [0.29, 0.717) is 12.4 Å². The number of hydrogen-bond acceptors (Lipinski definition) is 3. The summed E-state index contributed by atoms with van der Waals surface area (Å²) >= 11 is 0. The molecule has 0 aliphatic heterocycles. The van der Waals surface area contributed by atoms with Crippen molar-refractivity contribution in [2.45, 2.75) is 26.3 Å². The Bertz CT molecular complexity index is 319. The van der Waals surface area contributed by atoms with Gasteiger partial charge in [0.15, 0.2) is 5.76 Å². The van der Waals surface area contributed by atoms with Crippen LogP contribution in [-0.2, 0) is 11.2 Å².